The van der Waals surface area contributed by atoms with E-state index in [2.05, 4.69) is 20.7 Å². The van der Waals surface area contributed by atoms with Gasteiger partial charge in [-0.3, -0.25) is 4.79 Å². The average molecular weight is 680 g/mol. The Morgan fingerprint density at radius 3 is 2.71 bits per heavy atom. The third-order valence-corrected chi connectivity index (χ3v) is 9.56. The van der Waals surface area contributed by atoms with E-state index in [1.807, 2.05) is 32.0 Å². The van der Waals surface area contributed by atoms with Crippen molar-refractivity contribution in [1.29, 1.82) is 0 Å². The van der Waals surface area contributed by atoms with E-state index >= 15 is 0 Å². The number of aryl methyl sites for hydroxylation is 2. The van der Waals surface area contributed by atoms with Crippen LogP contribution in [0.2, 0.25) is 10.0 Å². The first-order valence-electron chi connectivity index (χ1n) is 12.9. The second kappa shape index (κ2) is 15.8. The third kappa shape index (κ3) is 7.89. The Kier molecular flexibility index (Phi) is 13.4. The SMILES string of the molecule is Cc1cc(C)c2cccc(OCc3c(Cl)ccc(S(=O)(=O)N4CCC[C@H]4C(=O)NCCCNC=NN)c3Cl)c2n1.Cl.Cl. The number of ether oxygens (including phenoxy) is 1. The molecule has 15 heteroatoms. The van der Waals surface area contributed by atoms with Crippen molar-refractivity contribution in [3.05, 3.63) is 63.3 Å². The molecule has 1 aliphatic heterocycles. The molecule has 1 saturated heterocycles. The first-order chi connectivity index (χ1) is 19.1. The normalized spacial score (nSPS) is 15.3. The van der Waals surface area contributed by atoms with Gasteiger partial charge in [-0.2, -0.15) is 9.41 Å². The van der Waals surface area contributed by atoms with Crippen molar-refractivity contribution in [3.8, 4) is 5.75 Å². The van der Waals surface area contributed by atoms with E-state index in [9.17, 15) is 13.2 Å². The maximum atomic E-state index is 13.7. The fourth-order valence-corrected chi connectivity index (χ4v) is 7.30. The maximum Gasteiger partial charge on any atom is 0.245 e. The molecule has 1 atom stereocenters. The summed E-state index contributed by atoms with van der Waals surface area (Å²) in [4.78, 5) is 17.4. The zero-order valence-electron chi connectivity index (χ0n) is 23.1. The molecule has 42 heavy (non-hydrogen) atoms. The van der Waals surface area contributed by atoms with Crippen molar-refractivity contribution in [1.82, 2.24) is 19.9 Å². The van der Waals surface area contributed by atoms with E-state index in [4.69, 9.17) is 33.8 Å². The van der Waals surface area contributed by atoms with Crippen LogP contribution in [0.25, 0.3) is 10.9 Å². The molecule has 230 valence electrons. The van der Waals surface area contributed by atoms with Crippen molar-refractivity contribution in [3.63, 3.8) is 0 Å². The van der Waals surface area contributed by atoms with Crippen molar-refractivity contribution < 1.29 is 17.9 Å². The minimum Gasteiger partial charge on any atom is -0.487 e. The first kappa shape index (κ1) is 35.7. The monoisotopic (exact) mass is 678 g/mol. The van der Waals surface area contributed by atoms with Gasteiger partial charge in [-0.1, -0.05) is 35.3 Å². The molecular formula is C27H34Cl4N6O4S. The predicted molar refractivity (Wildman–Crippen MR) is 172 cm³/mol. The van der Waals surface area contributed by atoms with Crippen molar-refractivity contribution in [2.45, 2.75) is 50.7 Å². The van der Waals surface area contributed by atoms with Gasteiger partial charge in [-0.15, -0.1) is 24.8 Å². The number of fused-ring (bicyclic) bond motifs is 1. The molecule has 2 aromatic carbocycles. The van der Waals surface area contributed by atoms with Gasteiger partial charge in [0.05, 0.1) is 5.02 Å². The molecule has 0 unspecified atom stereocenters. The number of para-hydroxylation sites is 1. The van der Waals surface area contributed by atoms with Crippen LogP contribution in [0.1, 0.15) is 36.1 Å². The standard InChI is InChI=1S/C27H32Cl2N6O4S.2ClH/c1-17-14-18(2)34-26-19(17)6-3-8-23(26)39-15-20-21(28)9-10-24(25(20)29)40(37,38)35-13-4-7-22(35)27(36)32-12-5-11-31-16-33-30;;/h3,6,8-10,14,16,22H,4-5,7,11-13,15,30H2,1-2H3,(H,31,33)(H,32,36);2*1H/t22-;;/m0../s1. The summed E-state index contributed by atoms with van der Waals surface area (Å²) >= 11 is 13.1. The van der Waals surface area contributed by atoms with Gasteiger partial charge in [-0.05, 0) is 62.9 Å². The van der Waals surface area contributed by atoms with Crippen LogP contribution in [0.15, 0.2) is 46.4 Å². The average Bonchev–Trinajstić information content (AvgIpc) is 3.42. The highest BCUT2D eigenvalue weighted by Crippen LogP contribution is 2.36. The fourth-order valence-electron chi connectivity index (χ4n) is 4.78. The highest BCUT2D eigenvalue weighted by atomic mass is 35.5. The molecule has 1 amide bonds. The highest BCUT2D eigenvalue weighted by molar-refractivity contribution is 7.89. The molecule has 10 nitrogen and oxygen atoms in total. The molecule has 0 spiro atoms. The number of nitrogens with zero attached hydrogens (tertiary/aromatic N) is 3. The molecule has 1 aliphatic rings. The lowest BCUT2D eigenvalue weighted by molar-refractivity contribution is -0.124. The number of nitrogens with two attached hydrogens (primary N) is 1. The zero-order valence-corrected chi connectivity index (χ0v) is 27.1. The van der Waals surface area contributed by atoms with E-state index in [1.165, 1.54) is 22.8 Å². The van der Waals surface area contributed by atoms with E-state index in [-0.39, 0.29) is 58.8 Å². The number of rotatable bonds is 11. The van der Waals surface area contributed by atoms with E-state index in [1.54, 1.807) is 6.07 Å². The summed E-state index contributed by atoms with van der Waals surface area (Å²) in [7, 11) is -4.10. The van der Waals surface area contributed by atoms with Crippen LogP contribution in [0.4, 0.5) is 0 Å². The maximum absolute atomic E-state index is 13.7. The summed E-state index contributed by atoms with van der Waals surface area (Å²) < 4.78 is 34.8. The van der Waals surface area contributed by atoms with Crippen LogP contribution in [0.5, 0.6) is 5.75 Å². The molecule has 3 aromatic rings. The van der Waals surface area contributed by atoms with Crippen LogP contribution in [0, 0.1) is 13.8 Å². The van der Waals surface area contributed by atoms with Crippen molar-refractivity contribution in [2.75, 3.05) is 19.6 Å². The number of benzene rings is 2. The Balaban J connectivity index is 0.00000308. The van der Waals surface area contributed by atoms with Gasteiger partial charge in [-0.25, -0.2) is 13.4 Å². The van der Waals surface area contributed by atoms with Crippen molar-refractivity contribution >= 4 is 81.2 Å². The van der Waals surface area contributed by atoms with Gasteiger partial charge in [0.15, 0.2) is 0 Å². The first-order valence-corrected chi connectivity index (χ1v) is 15.1. The van der Waals surface area contributed by atoms with Crippen LogP contribution in [-0.4, -0.2) is 55.6 Å². The Morgan fingerprint density at radius 2 is 1.98 bits per heavy atom. The lowest BCUT2D eigenvalue weighted by Gasteiger charge is -2.24. The number of pyridine rings is 1. The van der Waals surface area contributed by atoms with Gasteiger partial charge in [0, 0.05) is 41.3 Å². The van der Waals surface area contributed by atoms with Gasteiger partial charge in [0.25, 0.3) is 0 Å². The number of sulfonamides is 1. The number of hydrogen-bond donors (Lipinski definition) is 3. The zero-order chi connectivity index (χ0) is 28.9. The largest absolute Gasteiger partial charge is 0.487 e. The topological polar surface area (TPSA) is 139 Å². The van der Waals surface area contributed by atoms with E-state index < -0.39 is 16.1 Å². The highest BCUT2D eigenvalue weighted by Gasteiger charge is 2.40. The van der Waals surface area contributed by atoms with Crippen LogP contribution >= 0.6 is 48.0 Å². The minimum absolute atomic E-state index is 0. The number of amides is 1. The summed E-state index contributed by atoms with van der Waals surface area (Å²) in [6.07, 6.45) is 2.95. The lowest BCUT2D eigenvalue weighted by Crippen LogP contribution is -2.46. The van der Waals surface area contributed by atoms with E-state index in [0.717, 1.165) is 16.6 Å². The number of carbonyl (C=O) groups excluding carboxylic acids is 1. The van der Waals surface area contributed by atoms with Gasteiger partial charge >= 0.3 is 0 Å². The number of nitrogens with one attached hydrogen (secondary N) is 2. The summed E-state index contributed by atoms with van der Waals surface area (Å²) in [5.74, 6) is 5.21. The third-order valence-electron chi connectivity index (χ3n) is 6.72. The van der Waals surface area contributed by atoms with Crippen LogP contribution in [0.3, 0.4) is 0 Å². The van der Waals surface area contributed by atoms with Crippen molar-refractivity contribution in [2.24, 2.45) is 10.9 Å². The smallest absolute Gasteiger partial charge is 0.245 e. The molecule has 0 bridgehead atoms. The molecule has 4 rings (SSSR count). The molecule has 2 heterocycles. The Labute approximate surface area is 268 Å². The molecule has 1 fully saturated rings. The number of hydrazone groups is 1. The summed E-state index contributed by atoms with van der Waals surface area (Å²) in [5.41, 5.74) is 2.95. The number of carbonyl (C=O) groups is 1. The molecule has 0 aliphatic carbocycles. The molecule has 0 saturated carbocycles. The lowest BCUT2D eigenvalue weighted by atomic mass is 10.1. The summed E-state index contributed by atoms with van der Waals surface area (Å²) in [5, 5.41) is 10.2. The molecule has 4 N–H and O–H groups in total. The van der Waals surface area contributed by atoms with Crippen LogP contribution < -0.4 is 21.2 Å². The fraction of sp³-hybridized carbons (Fsp3) is 0.370. The number of halogens is 4. The second-order valence-corrected chi connectivity index (χ2v) is 12.2. The molecular weight excluding hydrogens is 646 g/mol. The minimum atomic E-state index is -4.10. The second-order valence-electron chi connectivity index (χ2n) is 9.51. The van der Waals surface area contributed by atoms with Crippen LogP contribution in [-0.2, 0) is 21.4 Å². The molecule has 0 radical (unpaired) electrons. The molecule has 1 aromatic heterocycles. The Morgan fingerprint density at radius 1 is 1.21 bits per heavy atom. The van der Waals surface area contributed by atoms with E-state index in [0.29, 0.717) is 49.2 Å². The summed E-state index contributed by atoms with van der Waals surface area (Å²) in [6, 6.07) is 9.65. The number of hydrogen-bond acceptors (Lipinski definition) is 7. The predicted octanol–water partition coefficient (Wildman–Crippen LogP) is 4.73. The van der Waals surface area contributed by atoms with Gasteiger partial charge in [0.1, 0.15) is 35.1 Å². The number of aromatic nitrogens is 1. The summed E-state index contributed by atoms with van der Waals surface area (Å²) in [6.45, 7) is 4.99. The quantitative estimate of drug-likeness (QED) is 0.0876. The Hall–Kier alpha value is -2.54. The van der Waals surface area contributed by atoms with Gasteiger partial charge < -0.3 is 21.2 Å². The Bertz CT molecular complexity index is 1540. The van der Waals surface area contributed by atoms with Gasteiger partial charge in [0.2, 0.25) is 15.9 Å².